The Hall–Kier alpha value is -1.35. The summed E-state index contributed by atoms with van der Waals surface area (Å²) in [5.41, 5.74) is 7.56. The molecule has 1 aliphatic carbocycles. The molecule has 0 saturated heterocycles. The van der Waals surface area contributed by atoms with E-state index in [1.807, 2.05) is 12.1 Å². The van der Waals surface area contributed by atoms with Crippen molar-refractivity contribution in [2.45, 2.75) is 38.5 Å². The van der Waals surface area contributed by atoms with Crippen LogP contribution in [-0.2, 0) is 11.2 Å². The topological polar surface area (TPSA) is 63.3 Å². The van der Waals surface area contributed by atoms with Gasteiger partial charge in [-0.05, 0) is 30.4 Å². The fourth-order valence-electron chi connectivity index (χ4n) is 2.94. The molecule has 18 heavy (non-hydrogen) atoms. The summed E-state index contributed by atoms with van der Waals surface area (Å²) in [6.45, 7) is 2.51. The van der Waals surface area contributed by atoms with Gasteiger partial charge in [-0.25, -0.2) is 0 Å². The molecule has 3 N–H and O–H groups in total. The minimum Gasteiger partial charge on any atom is -0.481 e. The summed E-state index contributed by atoms with van der Waals surface area (Å²) in [5.74, 6) is -0.751. The third-order valence-corrected chi connectivity index (χ3v) is 4.36. The average Bonchev–Trinajstić information content (AvgIpc) is 2.33. The van der Waals surface area contributed by atoms with Gasteiger partial charge in [0.25, 0.3) is 0 Å². The van der Waals surface area contributed by atoms with E-state index in [-0.39, 0.29) is 5.92 Å². The quantitative estimate of drug-likeness (QED) is 0.840. The Kier molecular flexibility index (Phi) is 3.71. The van der Waals surface area contributed by atoms with Crippen molar-refractivity contribution in [1.29, 1.82) is 0 Å². The molecule has 0 unspecified atom stereocenters. The van der Waals surface area contributed by atoms with E-state index in [0.29, 0.717) is 6.54 Å². The van der Waals surface area contributed by atoms with Crippen molar-refractivity contribution in [1.82, 2.24) is 0 Å². The third-order valence-electron chi connectivity index (χ3n) is 4.36. The lowest BCUT2D eigenvalue weighted by Gasteiger charge is -2.44. The van der Waals surface area contributed by atoms with Crippen LogP contribution in [0.2, 0.25) is 0 Å². The Morgan fingerprint density at radius 1 is 1.39 bits per heavy atom. The molecule has 1 atom stereocenters. The van der Waals surface area contributed by atoms with Gasteiger partial charge in [-0.2, -0.15) is 0 Å². The van der Waals surface area contributed by atoms with Crippen LogP contribution in [0.25, 0.3) is 0 Å². The molecule has 0 aliphatic heterocycles. The molecule has 0 aromatic heterocycles. The minimum atomic E-state index is -0.691. The number of carbonyl (C=O) groups is 1. The van der Waals surface area contributed by atoms with Crippen LogP contribution in [0.1, 0.15) is 43.2 Å². The van der Waals surface area contributed by atoms with Crippen LogP contribution >= 0.6 is 0 Å². The second kappa shape index (κ2) is 5.11. The number of benzene rings is 1. The van der Waals surface area contributed by atoms with Crippen LogP contribution in [0.5, 0.6) is 0 Å². The molecule has 0 heterocycles. The van der Waals surface area contributed by atoms with Crippen LogP contribution in [0.3, 0.4) is 0 Å². The molecule has 0 amide bonds. The molecule has 0 bridgehead atoms. The summed E-state index contributed by atoms with van der Waals surface area (Å²) in [6, 6.07) is 8.23. The first kappa shape index (κ1) is 13.1. The van der Waals surface area contributed by atoms with Crippen LogP contribution in [0, 0.1) is 5.41 Å². The highest BCUT2D eigenvalue weighted by molar-refractivity contribution is 5.77. The van der Waals surface area contributed by atoms with Crippen molar-refractivity contribution in [3.8, 4) is 0 Å². The predicted octanol–water partition coefficient (Wildman–Crippen LogP) is 2.55. The molecule has 1 aromatic rings. The lowest BCUT2D eigenvalue weighted by atomic mass is 9.59. The van der Waals surface area contributed by atoms with Gasteiger partial charge in [0, 0.05) is 12.5 Å². The number of aryl methyl sites for hydroxylation is 1. The lowest BCUT2D eigenvalue weighted by Crippen LogP contribution is -2.45. The fraction of sp³-hybridized carbons (Fsp3) is 0.533. The van der Waals surface area contributed by atoms with Gasteiger partial charge in [0.05, 0.1) is 5.41 Å². The summed E-state index contributed by atoms with van der Waals surface area (Å²) in [5, 5.41) is 9.49. The molecule has 1 aliphatic rings. The maximum atomic E-state index is 11.5. The Morgan fingerprint density at radius 3 is 2.33 bits per heavy atom. The molecule has 0 radical (unpaired) electrons. The number of carboxylic acids is 1. The van der Waals surface area contributed by atoms with Crippen molar-refractivity contribution in [2.75, 3.05) is 6.54 Å². The highest BCUT2D eigenvalue weighted by Gasteiger charge is 2.50. The highest BCUT2D eigenvalue weighted by Crippen LogP contribution is 2.51. The highest BCUT2D eigenvalue weighted by atomic mass is 16.4. The number of aliphatic carboxylic acids is 1. The molecule has 2 rings (SSSR count). The van der Waals surface area contributed by atoms with E-state index in [9.17, 15) is 9.90 Å². The smallest absolute Gasteiger partial charge is 0.310 e. The van der Waals surface area contributed by atoms with E-state index in [4.69, 9.17) is 5.73 Å². The van der Waals surface area contributed by atoms with Gasteiger partial charge in [-0.3, -0.25) is 4.79 Å². The molecule has 3 heteroatoms. The van der Waals surface area contributed by atoms with Gasteiger partial charge in [0.15, 0.2) is 0 Å². The zero-order valence-corrected chi connectivity index (χ0v) is 10.9. The van der Waals surface area contributed by atoms with Crippen LogP contribution in [-0.4, -0.2) is 17.6 Å². The summed E-state index contributed by atoms with van der Waals surface area (Å²) in [4.78, 5) is 11.5. The Bertz CT molecular complexity index is 421. The fourth-order valence-corrected chi connectivity index (χ4v) is 2.94. The Balaban J connectivity index is 2.29. The van der Waals surface area contributed by atoms with Crippen molar-refractivity contribution < 1.29 is 9.90 Å². The molecular weight excluding hydrogens is 226 g/mol. The molecule has 0 spiro atoms. The van der Waals surface area contributed by atoms with E-state index < -0.39 is 11.4 Å². The molecule has 98 valence electrons. The lowest BCUT2D eigenvalue weighted by molar-refractivity contribution is -0.156. The summed E-state index contributed by atoms with van der Waals surface area (Å²) in [6.07, 6.45) is 3.49. The van der Waals surface area contributed by atoms with Gasteiger partial charge in [0.1, 0.15) is 0 Å². The monoisotopic (exact) mass is 247 g/mol. The molecule has 1 saturated carbocycles. The molecule has 1 fully saturated rings. The first-order chi connectivity index (χ1) is 8.64. The zero-order chi connectivity index (χ0) is 13.2. The predicted molar refractivity (Wildman–Crippen MR) is 71.5 cm³/mol. The molecular formula is C15H21NO2. The van der Waals surface area contributed by atoms with Gasteiger partial charge in [-0.15, -0.1) is 0 Å². The number of hydrogen-bond donors (Lipinski definition) is 2. The number of carboxylic acid groups (broad SMARTS) is 1. The minimum absolute atomic E-state index is 0.0605. The maximum Gasteiger partial charge on any atom is 0.310 e. The van der Waals surface area contributed by atoms with Crippen molar-refractivity contribution in [3.63, 3.8) is 0 Å². The van der Waals surface area contributed by atoms with E-state index in [1.165, 1.54) is 5.56 Å². The maximum absolute atomic E-state index is 11.5. The molecule has 1 aromatic carbocycles. The number of rotatable bonds is 5. The van der Waals surface area contributed by atoms with Gasteiger partial charge in [-0.1, -0.05) is 37.6 Å². The summed E-state index contributed by atoms with van der Waals surface area (Å²) >= 11 is 0. The largest absolute Gasteiger partial charge is 0.481 e. The number of nitrogens with two attached hydrogens (primary N) is 1. The van der Waals surface area contributed by atoms with Crippen LogP contribution in [0.4, 0.5) is 0 Å². The standard InChI is InChI=1S/C15H21NO2/c1-2-11-4-6-12(7-5-11)13(10-16)15(14(17)18)8-3-9-15/h4-7,13H,2-3,8-10,16H2,1H3,(H,17,18)/t13-/m1/s1. The van der Waals surface area contributed by atoms with Gasteiger partial charge >= 0.3 is 5.97 Å². The zero-order valence-electron chi connectivity index (χ0n) is 10.9. The van der Waals surface area contributed by atoms with Crippen molar-refractivity contribution in [3.05, 3.63) is 35.4 Å². The second-order valence-corrected chi connectivity index (χ2v) is 5.20. The summed E-state index contributed by atoms with van der Waals surface area (Å²) < 4.78 is 0. The van der Waals surface area contributed by atoms with E-state index in [0.717, 1.165) is 31.2 Å². The van der Waals surface area contributed by atoms with Crippen molar-refractivity contribution >= 4 is 5.97 Å². The van der Waals surface area contributed by atoms with Gasteiger partial charge in [0.2, 0.25) is 0 Å². The summed E-state index contributed by atoms with van der Waals surface area (Å²) in [7, 11) is 0. The Labute approximate surface area is 108 Å². The van der Waals surface area contributed by atoms with Gasteiger partial charge < -0.3 is 10.8 Å². The van der Waals surface area contributed by atoms with E-state index in [1.54, 1.807) is 0 Å². The van der Waals surface area contributed by atoms with E-state index in [2.05, 4.69) is 19.1 Å². The SMILES string of the molecule is CCc1ccc([C@@H](CN)C2(C(=O)O)CCC2)cc1. The van der Waals surface area contributed by atoms with Crippen molar-refractivity contribution in [2.24, 2.45) is 11.1 Å². The first-order valence-corrected chi connectivity index (χ1v) is 6.66. The Morgan fingerprint density at radius 2 is 2.00 bits per heavy atom. The first-order valence-electron chi connectivity index (χ1n) is 6.66. The van der Waals surface area contributed by atoms with Crippen LogP contribution < -0.4 is 5.73 Å². The molecule has 3 nitrogen and oxygen atoms in total. The average molecular weight is 247 g/mol. The number of hydrogen-bond acceptors (Lipinski definition) is 2. The van der Waals surface area contributed by atoms with E-state index >= 15 is 0 Å². The second-order valence-electron chi connectivity index (χ2n) is 5.20. The third kappa shape index (κ3) is 2.03. The normalized spacial score (nSPS) is 19.0. The van der Waals surface area contributed by atoms with Crippen LogP contribution in [0.15, 0.2) is 24.3 Å².